The van der Waals surface area contributed by atoms with Gasteiger partial charge in [0.05, 0.1) is 10.5 Å². The molecule has 0 spiro atoms. The Morgan fingerprint density at radius 2 is 1.79 bits per heavy atom. The molecule has 126 valence electrons. The number of nitrogens with one attached hydrogen (secondary N) is 1. The maximum Gasteiger partial charge on any atom is 0.335 e. The van der Waals surface area contributed by atoms with Crippen molar-refractivity contribution in [2.75, 3.05) is 18.5 Å². The molecule has 2 aromatic carbocycles. The topological polar surface area (TPSA) is 122 Å². The Morgan fingerprint density at radius 1 is 1.17 bits per heavy atom. The van der Waals surface area contributed by atoms with Gasteiger partial charge in [-0.1, -0.05) is 0 Å². The number of carbonyl (C=O) groups is 1. The van der Waals surface area contributed by atoms with Gasteiger partial charge < -0.3 is 20.3 Å². The van der Waals surface area contributed by atoms with Crippen LogP contribution in [-0.2, 0) is 0 Å². The lowest BCUT2D eigenvalue weighted by atomic mass is 10.2. The smallest absolute Gasteiger partial charge is 0.335 e. The third-order valence-electron chi connectivity index (χ3n) is 3.16. The molecule has 0 heterocycles. The van der Waals surface area contributed by atoms with Crippen LogP contribution in [0.4, 0.5) is 11.4 Å². The lowest BCUT2D eigenvalue weighted by Crippen LogP contribution is -2.26. The predicted molar refractivity (Wildman–Crippen MR) is 86.5 cm³/mol. The summed E-state index contributed by atoms with van der Waals surface area (Å²) in [6.07, 6.45) is -0.806. The maximum absolute atomic E-state index is 10.7. The summed E-state index contributed by atoms with van der Waals surface area (Å²) in [6, 6.07) is 11.7. The van der Waals surface area contributed by atoms with E-state index in [2.05, 4.69) is 5.32 Å². The molecule has 0 bridgehead atoms. The van der Waals surface area contributed by atoms with Crippen LogP contribution in [0, 0.1) is 10.1 Å². The van der Waals surface area contributed by atoms with Gasteiger partial charge in [0.2, 0.25) is 0 Å². The zero-order valence-corrected chi connectivity index (χ0v) is 12.6. The molecular formula is C16H16N2O6. The van der Waals surface area contributed by atoms with Crippen LogP contribution in [0.1, 0.15) is 10.4 Å². The molecule has 1 atom stereocenters. The van der Waals surface area contributed by atoms with Crippen molar-refractivity contribution >= 4 is 17.3 Å². The highest BCUT2D eigenvalue weighted by molar-refractivity contribution is 5.87. The molecule has 8 heteroatoms. The van der Waals surface area contributed by atoms with E-state index in [0.717, 1.165) is 0 Å². The molecule has 0 amide bonds. The first kappa shape index (κ1) is 17.2. The van der Waals surface area contributed by atoms with Crippen molar-refractivity contribution in [3.05, 3.63) is 64.2 Å². The molecule has 0 fully saturated rings. The number of hydrogen-bond donors (Lipinski definition) is 3. The number of ether oxygens (including phenoxy) is 1. The zero-order valence-electron chi connectivity index (χ0n) is 12.6. The molecule has 8 nitrogen and oxygen atoms in total. The Bertz CT molecular complexity index is 638. The van der Waals surface area contributed by atoms with E-state index in [1.54, 1.807) is 12.1 Å². The highest BCUT2D eigenvalue weighted by atomic mass is 16.6. The van der Waals surface area contributed by atoms with E-state index in [1.807, 2.05) is 0 Å². The average Bonchev–Trinajstić information content (AvgIpc) is 2.58. The number of non-ortho nitro benzene ring substituents is 1. The SMILES string of the molecule is O=C(O)c1ccc(NC[C@@H](O)COc2ccc([N+](=O)[O-])cc2)cc1. The normalized spacial score (nSPS) is 11.5. The fourth-order valence-corrected chi connectivity index (χ4v) is 1.88. The van der Waals surface area contributed by atoms with E-state index >= 15 is 0 Å². The first-order valence-corrected chi connectivity index (χ1v) is 7.08. The molecule has 0 radical (unpaired) electrons. The predicted octanol–water partition coefficient (Wildman–Crippen LogP) is 2.14. The van der Waals surface area contributed by atoms with Gasteiger partial charge in [0, 0.05) is 24.4 Å². The van der Waals surface area contributed by atoms with Gasteiger partial charge in [0.25, 0.3) is 5.69 Å². The van der Waals surface area contributed by atoms with Gasteiger partial charge in [-0.2, -0.15) is 0 Å². The van der Waals surface area contributed by atoms with Crippen LogP contribution in [0.25, 0.3) is 0 Å². The van der Waals surface area contributed by atoms with Crippen LogP contribution in [0.2, 0.25) is 0 Å². The summed E-state index contributed by atoms with van der Waals surface area (Å²) in [5.74, 6) is -0.580. The van der Waals surface area contributed by atoms with Crippen LogP contribution < -0.4 is 10.1 Å². The summed E-state index contributed by atoms with van der Waals surface area (Å²) in [5, 5.41) is 32.2. The first-order chi connectivity index (χ1) is 11.5. The molecule has 0 unspecified atom stereocenters. The summed E-state index contributed by atoms with van der Waals surface area (Å²) in [6.45, 7) is 0.220. The lowest BCUT2D eigenvalue weighted by molar-refractivity contribution is -0.384. The third-order valence-corrected chi connectivity index (χ3v) is 3.16. The Labute approximate surface area is 137 Å². The van der Waals surface area contributed by atoms with E-state index in [1.165, 1.54) is 36.4 Å². The van der Waals surface area contributed by atoms with Crippen molar-refractivity contribution in [3.8, 4) is 5.75 Å². The second-order valence-electron chi connectivity index (χ2n) is 4.98. The number of benzene rings is 2. The summed E-state index contributed by atoms with van der Waals surface area (Å²) in [7, 11) is 0. The first-order valence-electron chi connectivity index (χ1n) is 7.08. The summed E-state index contributed by atoms with van der Waals surface area (Å²) >= 11 is 0. The van der Waals surface area contributed by atoms with Crippen LogP contribution in [0.3, 0.4) is 0 Å². The third kappa shape index (κ3) is 4.96. The number of nitro benzene ring substituents is 1. The van der Waals surface area contributed by atoms with Crippen molar-refractivity contribution in [2.45, 2.75) is 6.10 Å². The fraction of sp³-hybridized carbons (Fsp3) is 0.188. The minimum absolute atomic E-state index is 0.0119. The van der Waals surface area contributed by atoms with Crippen molar-refractivity contribution in [1.82, 2.24) is 0 Å². The molecule has 2 rings (SSSR count). The van der Waals surface area contributed by atoms with E-state index in [0.29, 0.717) is 11.4 Å². The number of nitro groups is 1. The molecule has 0 aromatic heterocycles. The van der Waals surface area contributed by atoms with E-state index < -0.39 is 17.0 Å². The number of carboxylic acids is 1. The minimum atomic E-state index is -1.00. The quantitative estimate of drug-likeness (QED) is 0.500. The Morgan fingerprint density at radius 3 is 2.33 bits per heavy atom. The van der Waals surface area contributed by atoms with Gasteiger partial charge in [-0.3, -0.25) is 10.1 Å². The average molecular weight is 332 g/mol. The molecule has 0 aliphatic heterocycles. The lowest BCUT2D eigenvalue weighted by Gasteiger charge is -2.14. The second-order valence-corrected chi connectivity index (χ2v) is 4.98. The molecule has 24 heavy (non-hydrogen) atoms. The molecule has 3 N–H and O–H groups in total. The Hall–Kier alpha value is -3.13. The number of aromatic carboxylic acids is 1. The number of carboxylic acid groups (broad SMARTS) is 1. The maximum atomic E-state index is 10.7. The second kappa shape index (κ2) is 7.93. The summed E-state index contributed by atoms with van der Waals surface area (Å²) in [5.41, 5.74) is 0.825. The van der Waals surface area contributed by atoms with Crippen LogP contribution in [0.15, 0.2) is 48.5 Å². The van der Waals surface area contributed by atoms with Crippen molar-refractivity contribution in [2.24, 2.45) is 0 Å². The number of anilines is 1. The Balaban J connectivity index is 1.77. The molecule has 0 aliphatic rings. The van der Waals surface area contributed by atoms with Gasteiger partial charge in [-0.05, 0) is 36.4 Å². The van der Waals surface area contributed by atoms with Crippen molar-refractivity contribution in [3.63, 3.8) is 0 Å². The van der Waals surface area contributed by atoms with Crippen LogP contribution >= 0.6 is 0 Å². The van der Waals surface area contributed by atoms with Crippen LogP contribution in [-0.4, -0.2) is 40.4 Å². The van der Waals surface area contributed by atoms with Gasteiger partial charge in [-0.25, -0.2) is 4.79 Å². The van der Waals surface area contributed by atoms with Gasteiger partial charge >= 0.3 is 5.97 Å². The highest BCUT2D eigenvalue weighted by Crippen LogP contribution is 2.17. The molecule has 0 saturated carbocycles. The Kier molecular flexibility index (Phi) is 5.69. The van der Waals surface area contributed by atoms with Crippen molar-refractivity contribution < 1.29 is 24.7 Å². The number of aliphatic hydroxyl groups is 1. The van der Waals surface area contributed by atoms with E-state index in [9.17, 15) is 20.0 Å². The number of aliphatic hydroxyl groups excluding tert-OH is 1. The highest BCUT2D eigenvalue weighted by Gasteiger charge is 2.08. The number of nitrogens with zero attached hydrogens (tertiary/aromatic N) is 1. The van der Waals surface area contributed by atoms with Crippen molar-refractivity contribution in [1.29, 1.82) is 0 Å². The fourth-order valence-electron chi connectivity index (χ4n) is 1.88. The van der Waals surface area contributed by atoms with E-state index in [-0.39, 0.29) is 24.4 Å². The van der Waals surface area contributed by atoms with E-state index in [4.69, 9.17) is 9.84 Å². The largest absolute Gasteiger partial charge is 0.491 e. The minimum Gasteiger partial charge on any atom is -0.491 e. The summed E-state index contributed by atoms with van der Waals surface area (Å²) < 4.78 is 5.35. The van der Waals surface area contributed by atoms with Gasteiger partial charge in [0.15, 0.2) is 0 Å². The zero-order chi connectivity index (χ0) is 17.5. The molecule has 0 saturated heterocycles. The molecular weight excluding hydrogens is 316 g/mol. The van der Waals surface area contributed by atoms with Gasteiger partial charge in [-0.15, -0.1) is 0 Å². The van der Waals surface area contributed by atoms with Gasteiger partial charge in [0.1, 0.15) is 18.5 Å². The number of hydrogen-bond acceptors (Lipinski definition) is 6. The van der Waals surface area contributed by atoms with Crippen LogP contribution in [0.5, 0.6) is 5.75 Å². The monoisotopic (exact) mass is 332 g/mol. The standard InChI is InChI=1S/C16H16N2O6/c19-14(9-17-12-3-1-11(2-4-12)16(20)21)10-24-15-7-5-13(6-8-15)18(22)23/h1-8,14,17,19H,9-10H2,(H,20,21)/t14-/m1/s1. The number of rotatable bonds is 8. The molecule has 2 aromatic rings. The molecule has 0 aliphatic carbocycles. The summed E-state index contributed by atoms with van der Waals surface area (Å²) in [4.78, 5) is 20.8.